The van der Waals surface area contributed by atoms with Gasteiger partial charge in [0.2, 0.25) is 0 Å². The number of nitrogens with zero attached hydrogens (tertiary/aromatic N) is 1. The molecule has 0 saturated carbocycles. The minimum atomic E-state index is 0.825. The first-order chi connectivity index (χ1) is 12.8. The highest BCUT2D eigenvalue weighted by molar-refractivity contribution is 5.48. The van der Waals surface area contributed by atoms with Gasteiger partial charge < -0.3 is 21.3 Å². The molecule has 1 aliphatic heterocycles. The molecule has 0 aromatic heterocycles. The second-order valence-corrected chi connectivity index (χ2v) is 7.16. The molecule has 1 aliphatic rings. The quantitative estimate of drug-likeness (QED) is 0.452. The van der Waals surface area contributed by atoms with Crippen LogP contribution in [0.4, 0.5) is 11.4 Å². The Kier molecular flexibility index (Phi) is 7.35. The summed E-state index contributed by atoms with van der Waals surface area (Å²) in [5, 5.41) is 7.04. The molecule has 0 unspecified atom stereocenters. The maximum Gasteiger partial charge on any atom is 0.0366 e. The van der Waals surface area contributed by atoms with Crippen LogP contribution in [0.25, 0.3) is 0 Å². The Bertz CT molecular complexity index is 630. The van der Waals surface area contributed by atoms with Crippen LogP contribution in [-0.2, 0) is 13.1 Å². The van der Waals surface area contributed by atoms with Crippen LogP contribution in [0.2, 0.25) is 0 Å². The van der Waals surface area contributed by atoms with Crippen LogP contribution in [0.5, 0.6) is 0 Å². The lowest BCUT2D eigenvalue weighted by Gasteiger charge is -2.17. The van der Waals surface area contributed by atoms with Crippen molar-refractivity contribution in [3.63, 3.8) is 0 Å². The minimum absolute atomic E-state index is 0.825. The Balaban J connectivity index is 1.22. The van der Waals surface area contributed by atoms with E-state index in [0.29, 0.717) is 0 Å². The van der Waals surface area contributed by atoms with E-state index >= 15 is 0 Å². The van der Waals surface area contributed by atoms with Crippen molar-refractivity contribution in [3.05, 3.63) is 59.7 Å². The van der Waals surface area contributed by atoms with E-state index in [9.17, 15) is 0 Å². The Morgan fingerprint density at radius 2 is 1.23 bits per heavy atom. The SMILES string of the molecule is Nc1ccc(CNCCCCNCc2ccc(N3CCCC3)cc2)cc1. The predicted molar refractivity (Wildman–Crippen MR) is 111 cm³/mol. The predicted octanol–water partition coefficient (Wildman–Crippen LogP) is 3.53. The van der Waals surface area contributed by atoms with E-state index < -0.39 is 0 Å². The standard InChI is InChI=1S/C22H32N4/c23-21-9-5-19(6-10-21)17-24-13-1-2-14-25-18-20-7-11-22(12-8-20)26-15-3-4-16-26/h5-12,24-25H,1-4,13-18,23H2. The van der Waals surface area contributed by atoms with Crippen molar-refractivity contribution in [2.45, 2.75) is 38.8 Å². The number of benzene rings is 2. The number of unbranched alkanes of at least 4 members (excludes halogenated alkanes) is 1. The Morgan fingerprint density at radius 3 is 1.77 bits per heavy atom. The number of nitrogen functional groups attached to an aromatic ring is 1. The van der Waals surface area contributed by atoms with Crippen molar-refractivity contribution >= 4 is 11.4 Å². The minimum Gasteiger partial charge on any atom is -0.399 e. The molecule has 2 aromatic rings. The first kappa shape index (κ1) is 18.7. The first-order valence-electron chi connectivity index (χ1n) is 9.91. The third kappa shape index (κ3) is 6.04. The smallest absolute Gasteiger partial charge is 0.0366 e. The average molecular weight is 353 g/mol. The number of nitrogens with one attached hydrogen (secondary N) is 2. The van der Waals surface area contributed by atoms with Gasteiger partial charge >= 0.3 is 0 Å². The third-order valence-electron chi connectivity index (χ3n) is 5.00. The van der Waals surface area contributed by atoms with Crippen LogP contribution < -0.4 is 21.3 Å². The maximum absolute atomic E-state index is 5.70. The molecule has 4 nitrogen and oxygen atoms in total. The summed E-state index contributed by atoms with van der Waals surface area (Å²) in [6.45, 7) is 6.41. The van der Waals surface area contributed by atoms with Crippen molar-refractivity contribution in [3.8, 4) is 0 Å². The molecule has 2 aromatic carbocycles. The van der Waals surface area contributed by atoms with Crippen molar-refractivity contribution in [2.24, 2.45) is 0 Å². The molecule has 1 fully saturated rings. The first-order valence-corrected chi connectivity index (χ1v) is 9.91. The highest BCUT2D eigenvalue weighted by atomic mass is 15.1. The number of anilines is 2. The van der Waals surface area contributed by atoms with Gasteiger partial charge in [0.15, 0.2) is 0 Å². The number of nitrogens with two attached hydrogens (primary N) is 1. The van der Waals surface area contributed by atoms with Crippen molar-refractivity contribution in [1.82, 2.24) is 10.6 Å². The van der Waals surface area contributed by atoms with Gasteiger partial charge in [-0.25, -0.2) is 0 Å². The summed E-state index contributed by atoms with van der Waals surface area (Å²) in [7, 11) is 0. The van der Waals surface area contributed by atoms with Gasteiger partial charge in [-0.15, -0.1) is 0 Å². The maximum atomic E-state index is 5.70. The zero-order valence-corrected chi connectivity index (χ0v) is 15.7. The molecule has 0 aliphatic carbocycles. The highest BCUT2D eigenvalue weighted by Crippen LogP contribution is 2.20. The van der Waals surface area contributed by atoms with Crippen LogP contribution in [0.1, 0.15) is 36.8 Å². The van der Waals surface area contributed by atoms with E-state index in [0.717, 1.165) is 31.9 Å². The summed E-state index contributed by atoms with van der Waals surface area (Å²) < 4.78 is 0. The average Bonchev–Trinajstić information content (AvgIpc) is 3.21. The van der Waals surface area contributed by atoms with Crippen LogP contribution in [-0.4, -0.2) is 26.2 Å². The van der Waals surface area contributed by atoms with Crippen LogP contribution in [0.15, 0.2) is 48.5 Å². The topological polar surface area (TPSA) is 53.3 Å². The second kappa shape index (κ2) is 10.2. The lowest BCUT2D eigenvalue weighted by molar-refractivity contribution is 0.582. The van der Waals surface area contributed by atoms with E-state index in [1.165, 1.54) is 55.6 Å². The molecule has 1 heterocycles. The Hall–Kier alpha value is -2.04. The fraction of sp³-hybridized carbons (Fsp3) is 0.455. The van der Waals surface area contributed by atoms with E-state index in [1.54, 1.807) is 0 Å². The summed E-state index contributed by atoms with van der Waals surface area (Å²) in [6, 6.07) is 17.1. The fourth-order valence-electron chi connectivity index (χ4n) is 3.40. The van der Waals surface area contributed by atoms with Gasteiger partial charge in [0.05, 0.1) is 0 Å². The zero-order chi connectivity index (χ0) is 18.0. The fourth-order valence-corrected chi connectivity index (χ4v) is 3.40. The molecule has 3 rings (SSSR count). The zero-order valence-electron chi connectivity index (χ0n) is 15.7. The van der Waals surface area contributed by atoms with Gasteiger partial charge in [-0.2, -0.15) is 0 Å². The summed E-state index contributed by atoms with van der Waals surface area (Å²) in [4.78, 5) is 2.48. The van der Waals surface area contributed by atoms with E-state index in [2.05, 4.69) is 51.9 Å². The van der Waals surface area contributed by atoms with Crippen LogP contribution >= 0.6 is 0 Å². The molecule has 0 radical (unpaired) electrons. The lowest BCUT2D eigenvalue weighted by Crippen LogP contribution is -2.19. The number of hydrogen-bond acceptors (Lipinski definition) is 4. The summed E-state index contributed by atoms with van der Waals surface area (Å²) in [5.41, 5.74) is 10.6. The number of hydrogen-bond donors (Lipinski definition) is 3. The van der Waals surface area contributed by atoms with Crippen molar-refractivity contribution in [1.29, 1.82) is 0 Å². The second-order valence-electron chi connectivity index (χ2n) is 7.16. The Labute approximate surface area is 157 Å². The van der Waals surface area contributed by atoms with Gasteiger partial charge in [0.1, 0.15) is 0 Å². The van der Waals surface area contributed by atoms with E-state index in [1.807, 2.05) is 12.1 Å². The molecule has 0 bridgehead atoms. The molecular formula is C22H32N4. The largest absolute Gasteiger partial charge is 0.399 e. The Morgan fingerprint density at radius 1 is 0.731 bits per heavy atom. The molecule has 1 saturated heterocycles. The van der Waals surface area contributed by atoms with Gasteiger partial charge in [-0.05, 0) is 74.2 Å². The molecule has 0 atom stereocenters. The van der Waals surface area contributed by atoms with Gasteiger partial charge in [-0.3, -0.25) is 0 Å². The summed E-state index contributed by atoms with van der Waals surface area (Å²) in [6.07, 6.45) is 5.05. The van der Waals surface area contributed by atoms with Crippen LogP contribution in [0, 0.1) is 0 Å². The number of rotatable bonds is 10. The van der Waals surface area contributed by atoms with Crippen molar-refractivity contribution in [2.75, 3.05) is 36.8 Å². The van der Waals surface area contributed by atoms with Crippen LogP contribution in [0.3, 0.4) is 0 Å². The molecule has 0 spiro atoms. The molecule has 0 amide bonds. The van der Waals surface area contributed by atoms with Gasteiger partial charge in [0.25, 0.3) is 0 Å². The summed E-state index contributed by atoms with van der Waals surface area (Å²) in [5.74, 6) is 0. The van der Waals surface area contributed by atoms with Gasteiger partial charge in [-0.1, -0.05) is 24.3 Å². The molecular weight excluding hydrogens is 320 g/mol. The normalized spacial score (nSPS) is 14.1. The third-order valence-corrected chi connectivity index (χ3v) is 5.00. The highest BCUT2D eigenvalue weighted by Gasteiger charge is 2.11. The van der Waals surface area contributed by atoms with Crippen molar-refractivity contribution < 1.29 is 0 Å². The monoisotopic (exact) mass is 352 g/mol. The summed E-state index contributed by atoms with van der Waals surface area (Å²) >= 11 is 0. The molecule has 4 heteroatoms. The lowest BCUT2D eigenvalue weighted by atomic mass is 10.2. The molecule has 4 N–H and O–H groups in total. The molecule has 140 valence electrons. The van der Waals surface area contributed by atoms with E-state index in [-0.39, 0.29) is 0 Å². The van der Waals surface area contributed by atoms with E-state index in [4.69, 9.17) is 5.73 Å². The van der Waals surface area contributed by atoms with Gasteiger partial charge in [0, 0.05) is 37.6 Å². The molecule has 26 heavy (non-hydrogen) atoms.